The number of hydrogen-bond acceptors (Lipinski definition) is 8. The van der Waals surface area contributed by atoms with Crippen LogP contribution in [-0.2, 0) is 36.8 Å². The van der Waals surface area contributed by atoms with Crippen molar-refractivity contribution < 1.29 is 44.1 Å². The molecule has 3 aromatic rings. The Morgan fingerprint density at radius 1 is 0.731 bits per heavy atom. The van der Waals surface area contributed by atoms with E-state index in [9.17, 15) is 39.0 Å². The molecule has 0 aliphatic carbocycles. The molecule has 0 spiro atoms. The van der Waals surface area contributed by atoms with Crippen molar-refractivity contribution in [1.82, 2.24) is 16.0 Å². The molecule has 3 aromatic carbocycles. The first-order valence-corrected chi connectivity index (χ1v) is 17.0. The molecular weight excluding hydrogens is 717 g/mol. The zero-order valence-electron chi connectivity index (χ0n) is 28.3. The summed E-state index contributed by atoms with van der Waals surface area (Å²) in [5, 5.41) is 40.3. The van der Waals surface area contributed by atoms with Crippen LogP contribution in [0.1, 0.15) is 48.2 Å². The Morgan fingerprint density at radius 3 is 2.04 bits per heavy atom. The first-order valence-electron chi connectivity index (χ1n) is 16.2. The standard InChI is InChI=1S/C36H41Cl2N5O9/c1-19(2)30(43-32(47)26(39)13-14-29(44)45)34(49)42-28(17-21-11-12-24(37)25(38)15-21)33(48)41-27(16-20-7-4-3-5-8-20)31(46)35(50)40-23-10-6-9-22(18-23)36(51)52/h3-12,15,18-19,26-28,30-31,46H,13-14,16-17,39H2,1-2H3,(H,40,50)(H,41,48)(H,42,49)(H,43,47)(H,44,45)(H,51,52)/t26-,27-,28-,30-,31+/m0/s1. The van der Waals surface area contributed by atoms with Crippen molar-refractivity contribution in [3.8, 4) is 0 Å². The lowest BCUT2D eigenvalue weighted by Gasteiger charge is -2.29. The summed E-state index contributed by atoms with van der Waals surface area (Å²) in [6.45, 7) is 3.30. The van der Waals surface area contributed by atoms with Crippen molar-refractivity contribution >= 4 is 64.5 Å². The summed E-state index contributed by atoms with van der Waals surface area (Å²) in [6.07, 6.45) is -2.54. The number of aliphatic hydroxyl groups excluding tert-OH is 1. The minimum Gasteiger partial charge on any atom is -0.481 e. The van der Waals surface area contributed by atoms with Crippen LogP contribution in [0.15, 0.2) is 72.8 Å². The molecule has 5 atom stereocenters. The van der Waals surface area contributed by atoms with Crippen LogP contribution in [0.2, 0.25) is 10.0 Å². The van der Waals surface area contributed by atoms with Crippen LogP contribution >= 0.6 is 23.2 Å². The molecule has 0 aliphatic rings. The molecule has 0 aliphatic heterocycles. The van der Waals surface area contributed by atoms with Gasteiger partial charge in [0.1, 0.15) is 12.1 Å². The highest BCUT2D eigenvalue weighted by molar-refractivity contribution is 6.42. The van der Waals surface area contributed by atoms with E-state index in [2.05, 4.69) is 21.3 Å². The van der Waals surface area contributed by atoms with E-state index in [1.807, 2.05) is 0 Å². The van der Waals surface area contributed by atoms with Gasteiger partial charge >= 0.3 is 11.9 Å². The number of hydrogen-bond donors (Lipinski definition) is 8. The third kappa shape index (κ3) is 12.6. The second-order valence-corrected chi connectivity index (χ2v) is 13.2. The molecule has 0 unspecified atom stereocenters. The molecule has 9 N–H and O–H groups in total. The van der Waals surface area contributed by atoms with Crippen molar-refractivity contribution in [2.45, 2.75) is 69.8 Å². The van der Waals surface area contributed by atoms with Crippen molar-refractivity contribution in [2.75, 3.05) is 5.32 Å². The Morgan fingerprint density at radius 2 is 1.42 bits per heavy atom. The Kier molecular flexibility index (Phi) is 15.6. The molecule has 16 heteroatoms. The van der Waals surface area contributed by atoms with E-state index in [1.165, 1.54) is 36.4 Å². The summed E-state index contributed by atoms with van der Waals surface area (Å²) >= 11 is 12.3. The number of carbonyl (C=O) groups is 6. The largest absolute Gasteiger partial charge is 0.481 e. The molecule has 0 fully saturated rings. The van der Waals surface area contributed by atoms with E-state index in [-0.39, 0.29) is 47.0 Å². The second kappa shape index (κ2) is 19.6. The number of anilines is 1. The number of carbonyl (C=O) groups excluding carboxylic acids is 4. The number of aromatic carboxylic acids is 1. The number of aliphatic carboxylic acids is 1. The average molecular weight is 759 g/mol. The number of nitrogens with one attached hydrogen (secondary N) is 4. The monoisotopic (exact) mass is 757 g/mol. The Hall–Kier alpha value is -5.02. The minimum absolute atomic E-state index is 0.0251. The highest BCUT2D eigenvalue weighted by Crippen LogP contribution is 2.23. The fraction of sp³-hybridized carbons (Fsp3) is 0.333. The third-order valence-corrected chi connectivity index (χ3v) is 8.70. The number of carboxylic acid groups (broad SMARTS) is 2. The van der Waals surface area contributed by atoms with Gasteiger partial charge in [0.25, 0.3) is 5.91 Å². The van der Waals surface area contributed by atoms with Gasteiger partial charge in [-0.25, -0.2) is 4.79 Å². The van der Waals surface area contributed by atoms with Gasteiger partial charge in [0, 0.05) is 18.5 Å². The van der Waals surface area contributed by atoms with Crippen molar-refractivity contribution in [3.05, 3.63) is 99.5 Å². The first kappa shape index (κ1) is 41.4. The molecule has 0 saturated heterocycles. The smallest absolute Gasteiger partial charge is 0.335 e. The zero-order chi connectivity index (χ0) is 38.5. The lowest BCUT2D eigenvalue weighted by atomic mass is 9.98. The van der Waals surface area contributed by atoms with Gasteiger partial charge in [-0.3, -0.25) is 24.0 Å². The molecule has 3 rings (SSSR count). The normalized spacial score (nSPS) is 13.9. The van der Waals surface area contributed by atoms with Gasteiger partial charge in [0.05, 0.1) is 27.7 Å². The summed E-state index contributed by atoms with van der Waals surface area (Å²) in [7, 11) is 0. The van der Waals surface area contributed by atoms with Crippen LogP contribution < -0.4 is 27.0 Å². The number of benzene rings is 3. The number of nitrogens with two attached hydrogens (primary N) is 1. The molecule has 278 valence electrons. The Balaban J connectivity index is 1.91. The van der Waals surface area contributed by atoms with Gasteiger partial charge in [-0.15, -0.1) is 0 Å². The summed E-state index contributed by atoms with van der Waals surface area (Å²) in [6, 6.07) is 13.7. The number of rotatable bonds is 18. The number of carboxylic acids is 2. The Bertz CT molecular complexity index is 1760. The molecule has 14 nitrogen and oxygen atoms in total. The number of halogens is 2. The van der Waals surface area contributed by atoms with Crippen LogP contribution in [-0.4, -0.2) is 81.2 Å². The van der Waals surface area contributed by atoms with E-state index in [0.29, 0.717) is 11.1 Å². The summed E-state index contributed by atoms with van der Waals surface area (Å²) in [4.78, 5) is 76.2. The molecule has 52 heavy (non-hydrogen) atoms. The van der Waals surface area contributed by atoms with Crippen LogP contribution in [0.5, 0.6) is 0 Å². The molecule has 0 heterocycles. The SMILES string of the molecule is CC(C)[C@H](NC(=O)[C@@H](N)CCC(=O)O)C(=O)N[C@@H](Cc1ccc(Cl)c(Cl)c1)C(=O)N[C@@H](Cc1ccccc1)[C@@H](O)C(=O)Nc1cccc(C(=O)O)c1. The summed E-state index contributed by atoms with van der Waals surface area (Å²) in [5.41, 5.74) is 7.00. The van der Waals surface area contributed by atoms with Gasteiger partial charge in [-0.2, -0.15) is 0 Å². The summed E-state index contributed by atoms with van der Waals surface area (Å²) in [5.74, 6) is -6.11. The van der Waals surface area contributed by atoms with Gasteiger partial charge < -0.3 is 42.3 Å². The summed E-state index contributed by atoms with van der Waals surface area (Å²) < 4.78 is 0. The van der Waals surface area contributed by atoms with Gasteiger partial charge in [0.15, 0.2) is 6.10 Å². The van der Waals surface area contributed by atoms with Crippen molar-refractivity contribution in [3.63, 3.8) is 0 Å². The van der Waals surface area contributed by atoms with Crippen LogP contribution in [0, 0.1) is 5.92 Å². The fourth-order valence-electron chi connectivity index (χ4n) is 5.10. The lowest BCUT2D eigenvalue weighted by Crippen LogP contribution is -2.60. The molecule has 0 radical (unpaired) electrons. The number of amides is 4. The van der Waals surface area contributed by atoms with E-state index < -0.39 is 71.8 Å². The predicted molar refractivity (Wildman–Crippen MR) is 194 cm³/mol. The maximum absolute atomic E-state index is 14.1. The van der Waals surface area contributed by atoms with E-state index in [0.717, 1.165) is 0 Å². The van der Waals surface area contributed by atoms with E-state index >= 15 is 0 Å². The molecular formula is C36H41Cl2N5O9. The van der Waals surface area contributed by atoms with Gasteiger partial charge in [0.2, 0.25) is 17.7 Å². The zero-order valence-corrected chi connectivity index (χ0v) is 29.9. The molecule has 0 saturated carbocycles. The second-order valence-electron chi connectivity index (χ2n) is 12.4. The maximum Gasteiger partial charge on any atom is 0.335 e. The fourth-order valence-corrected chi connectivity index (χ4v) is 5.42. The van der Waals surface area contributed by atoms with Crippen LogP contribution in [0.25, 0.3) is 0 Å². The van der Waals surface area contributed by atoms with Crippen LogP contribution in [0.3, 0.4) is 0 Å². The highest BCUT2D eigenvalue weighted by atomic mass is 35.5. The quantitative estimate of drug-likeness (QED) is 0.0944. The third-order valence-electron chi connectivity index (χ3n) is 7.96. The molecule has 4 amide bonds. The average Bonchev–Trinajstić information content (AvgIpc) is 3.10. The van der Waals surface area contributed by atoms with Gasteiger partial charge in [-0.05, 0) is 60.2 Å². The van der Waals surface area contributed by atoms with Crippen molar-refractivity contribution in [1.29, 1.82) is 0 Å². The predicted octanol–water partition coefficient (Wildman–Crippen LogP) is 2.78. The first-order chi connectivity index (χ1) is 24.5. The van der Waals surface area contributed by atoms with Crippen LogP contribution in [0.4, 0.5) is 5.69 Å². The highest BCUT2D eigenvalue weighted by Gasteiger charge is 2.34. The van der Waals surface area contributed by atoms with E-state index in [4.69, 9.17) is 34.0 Å². The molecule has 0 bridgehead atoms. The van der Waals surface area contributed by atoms with Gasteiger partial charge in [-0.1, -0.05) is 79.5 Å². The topological polar surface area (TPSA) is 237 Å². The van der Waals surface area contributed by atoms with E-state index in [1.54, 1.807) is 50.2 Å². The maximum atomic E-state index is 14.1. The molecule has 0 aromatic heterocycles. The Labute approximate surface area is 310 Å². The van der Waals surface area contributed by atoms with Crippen molar-refractivity contribution in [2.24, 2.45) is 11.7 Å². The number of aliphatic hydroxyl groups is 1. The minimum atomic E-state index is -1.85. The lowest BCUT2D eigenvalue weighted by molar-refractivity contribution is -0.137.